The molecule has 0 spiro atoms. The molecule has 2 amide bonds. The molecule has 1 saturated carbocycles. The van der Waals surface area contributed by atoms with E-state index in [0.29, 0.717) is 23.2 Å². The van der Waals surface area contributed by atoms with Crippen LogP contribution in [0.15, 0.2) is 48.8 Å². The summed E-state index contributed by atoms with van der Waals surface area (Å²) in [5, 5.41) is 4.45. The SMILES string of the molecule is COc1ccc(F)c(OC(=O)N2CC(C)N(C(C)=O)c3ccc(-c4cnn(C5CC5)c4)cc32)c1. The molecule has 1 aliphatic carbocycles. The van der Waals surface area contributed by atoms with Crippen LogP contribution in [-0.4, -0.2) is 41.5 Å². The number of rotatable bonds is 4. The molecule has 2 aliphatic rings. The van der Waals surface area contributed by atoms with Crippen molar-refractivity contribution in [2.24, 2.45) is 0 Å². The van der Waals surface area contributed by atoms with Crippen LogP contribution in [0.25, 0.3) is 11.1 Å². The van der Waals surface area contributed by atoms with Gasteiger partial charge in [-0.15, -0.1) is 0 Å². The van der Waals surface area contributed by atoms with Gasteiger partial charge in [0, 0.05) is 31.3 Å². The standard InChI is InChI=1S/C25H25FN4O4/c1-15-13-28(25(32)34-24-11-20(33-3)7-8-21(24)26)23-10-17(4-9-22(23)30(15)16(2)31)18-12-27-29(14-18)19-5-6-19/h4,7-12,14-15,19H,5-6,13H2,1-3H3. The lowest BCUT2D eigenvalue weighted by Crippen LogP contribution is -2.52. The summed E-state index contributed by atoms with van der Waals surface area (Å²) >= 11 is 0. The molecule has 0 saturated heterocycles. The highest BCUT2D eigenvalue weighted by molar-refractivity contribution is 6.03. The molecule has 9 heteroatoms. The normalized spacial score (nSPS) is 17.4. The van der Waals surface area contributed by atoms with E-state index in [1.807, 2.05) is 36.0 Å². The second-order valence-corrected chi connectivity index (χ2v) is 8.66. The molecular weight excluding hydrogens is 439 g/mol. The first-order valence-corrected chi connectivity index (χ1v) is 11.2. The van der Waals surface area contributed by atoms with Gasteiger partial charge in [-0.2, -0.15) is 5.10 Å². The Morgan fingerprint density at radius 2 is 1.88 bits per heavy atom. The van der Waals surface area contributed by atoms with Crippen LogP contribution in [0.5, 0.6) is 11.5 Å². The van der Waals surface area contributed by atoms with Crippen LogP contribution in [0.4, 0.5) is 20.6 Å². The average molecular weight is 464 g/mol. The monoisotopic (exact) mass is 464 g/mol. The molecule has 8 nitrogen and oxygen atoms in total. The van der Waals surface area contributed by atoms with E-state index in [-0.39, 0.29) is 24.2 Å². The smallest absolute Gasteiger partial charge is 0.419 e. The molecule has 1 aliphatic heterocycles. The number of methoxy groups -OCH3 is 1. The van der Waals surface area contributed by atoms with Crippen molar-refractivity contribution < 1.29 is 23.5 Å². The topological polar surface area (TPSA) is 76.9 Å². The van der Waals surface area contributed by atoms with E-state index < -0.39 is 11.9 Å². The summed E-state index contributed by atoms with van der Waals surface area (Å²) in [7, 11) is 1.45. The van der Waals surface area contributed by atoms with Gasteiger partial charge in [0.1, 0.15) is 5.75 Å². The van der Waals surface area contributed by atoms with Crippen LogP contribution in [0.2, 0.25) is 0 Å². The van der Waals surface area contributed by atoms with Crippen LogP contribution < -0.4 is 19.3 Å². The Morgan fingerprint density at radius 3 is 2.59 bits per heavy atom. The maximum absolute atomic E-state index is 14.3. The summed E-state index contributed by atoms with van der Waals surface area (Å²) in [6, 6.07) is 9.68. The number of amides is 2. The number of halogens is 1. The van der Waals surface area contributed by atoms with Crippen LogP contribution in [0.1, 0.15) is 32.7 Å². The highest BCUT2D eigenvalue weighted by Gasteiger charge is 2.35. The van der Waals surface area contributed by atoms with Crippen molar-refractivity contribution in [3.8, 4) is 22.6 Å². The summed E-state index contributed by atoms with van der Waals surface area (Å²) in [5.74, 6) is -0.662. The highest BCUT2D eigenvalue weighted by atomic mass is 19.1. The first-order chi connectivity index (χ1) is 16.4. The summed E-state index contributed by atoms with van der Waals surface area (Å²) < 4.78 is 26.8. The zero-order valence-corrected chi connectivity index (χ0v) is 19.2. The molecule has 5 rings (SSSR count). The maximum atomic E-state index is 14.3. The minimum absolute atomic E-state index is 0.130. The van der Waals surface area contributed by atoms with E-state index in [2.05, 4.69) is 5.10 Å². The van der Waals surface area contributed by atoms with E-state index in [9.17, 15) is 14.0 Å². The summed E-state index contributed by atoms with van der Waals surface area (Å²) in [6.45, 7) is 3.54. The van der Waals surface area contributed by atoms with Crippen LogP contribution >= 0.6 is 0 Å². The summed E-state index contributed by atoms with van der Waals surface area (Å²) in [4.78, 5) is 28.7. The van der Waals surface area contributed by atoms with Crippen molar-refractivity contribution in [2.75, 3.05) is 23.5 Å². The first kappa shape index (κ1) is 21.9. The predicted molar refractivity (Wildman–Crippen MR) is 125 cm³/mol. The first-order valence-electron chi connectivity index (χ1n) is 11.2. The van der Waals surface area contributed by atoms with Crippen molar-refractivity contribution in [3.63, 3.8) is 0 Å². The number of carbonyl (C=O) groups excluding carboxylic acids is 2. The molecule has 1 unspecified atom stereocenters. The highest BCUT2D eigenvalue weighted by Crippen LogP contribution is 2.40. The summed E-state index contributed by atoms with van der Waals surface area (Å²) in [6.07, 6.45) is 5.29. The average Bonchev–Trinajstić information content (AvgIpc) is 3.55. The number of anilines is 2. The number of carbonyl (C=O) groups is 2. The Balaban J connectivity index is 1.52. The van der Waals surface area contributed by atoms with Gasteiger partial charge in [0.05, 0.1) is 36.8 Å². The van der Waals surface area contributed by atoms with E-state index >= 15 is 0 Å². The molecule has 2 heterocycles. The number of benzene rings is 2. The molecule has 3 aromatic rings. The third kappa shape index (κ3) is 3.98. The fourth-order valence-corrected chi connectivity index (χ4v) is 4.32. The lowest BCUT2D eigenvalue weighted by molar-refractivity contribution is -0.117. The van der Waals surface area contributed by atoms with Crippen molar-refractivity contribution in [2.45, 2.75) is 38.8 Å². The molecule has 1 atom stereocenters. The molecule has 0 N–H and O–H groups in total. The second-order valence-electron chi connectivity index (χ2n) is 8.66. The Hall–Kier alpha value is -3.88. The zero-order valence-electron chi connectivity index (χ0n) is 19.2. The zero-order chi connectivity index (χ0) is 24.0. The summed E-state index contributed by atoms with van der Waals surface area (Å²) in [5.41, 5.74) is 2.87. The van der Waals surface area contributed by atoms with Crippen molar-refractivity contribution in [1.82, 2.24) is 9.78 Å². The Kier molecular flexibility index (Phi) is 5.47. The maximum Gasteiger partial charge on any atom is 0.419 e. The van der Waals surface area contributed by atoms with E-state index in [4.69, 9.17) is 9.47 Å². The minimum Gasteiger partial charge on any atom is -0.497 e. The van der Waals surface area contributed by atoms with Crippen molar-refractivity contribution >= 4 is 23.4 Å². The minimum atomic E-state index is -0.741. The van der Waals surface area contributed by atoms with E-state index in [1.165, 1.54) is 37.1 Å². The van der Waals surface area contributed by atoms with E-state index in [1.54, 1.807) is 11.1 Å². The lowest BCUT2D eigenvalue weighted by atomic mass is 10.0. The fraction of sp³-hybridized carbons (Fsp3) is 0.320. The largest absolute Gasteiger partial charge is 0.497 e. The van der Waals surface area contributed by atoms with Gasteiger partial charge < -0.3 is 14.4 Å². The number of hydrogen-bond donors (Lipinski definition) is 0. The second kappa shape index (κ2) is 8.48. The van der Waals surface area contributed by atoms with Gasteiger partial charge in [0.2, 0.25) is 5.91 Å². The molecular formula is C25H25FN4O4. The molecule has 34 heavy (non-hydrogen) atoms. The third-order valence-corrected chi connectivity index (χ3v) is 6.16. The molecule has 1 aromatic heterocycles. The van der Waals surface area contributed by atoms with Crippen LogP contribution in [-0.2, 0) is 4.79 Å². The lowest BCUT2D eigenvalue weighted by Gasteiger charge is -2.40. The molecule has 176 valence electrons. The Bertz CT molecular complexity index is 1270. The third-order valence-electron chi connectivity index (χ3n) is 6.16. The Labute approximate surface area is 196 Å². The number of hydrogen-bond acceptors (Lipinski definition) is 5. The number of fused-ring (bicyclic) bond motifs is 1. The fourth-order valence-electron chi connectivity index (χ4n) is 4.32. The van der Waals surface area contributed by atoms with Gasteiger partial charge in [-0.25, -0.2) is 9.18 Å². The number of ether oxygens (including phenoxy) is 2. The van der Waals surface area contributed by atoms with Gasteiger partial charge in [-0.05, 0) is 49.6 Å². The van der Waals surface area contributed by atoms with Gasteiger partial charge in [0.25, 0.3) is 0 Å². The van der Waals surface area contributed by atoms with Crippen LogP contribution in [0, 0.1) is 5.82 Å². The Morgan fingerprint density at radius 1 is 1.09 bits per heavy atom. The van der Waals surface area contributed by atoms with Crippen LogP contribution in [0.3, 0.4) is 0 Å². The number of nitrogens with zero attached hydrogens (tertiary/aromatic N) is 4. The molecule has 1 fully saturated rings. The van der Waals surface area contributed by atoms with Gasteiger partial charge in [0.15, 0.2) is 11.6 Å². The quantitative estimate of drug-likeness (QED) is 0.555. The molecule has 0 radical (unpaired) electrons. The van der Waals surface area contributed by atoms with Gasteiger partial charge in [-0.3, -0.25) is 14.4 Å². The predicted octanol–water partition coefficient (Wildman–Crippen LogP) is 4.79. The number of aromatic nitrogens is 2. The van der Waals surface area contributed by atoms with Crippen molar-refractivity contribution in [1.29, 1.82) is 0 Å². The van der Waals surface area contributed by atoms with Crippen molar-refractivity contribution in [3.05, 3.63) is 54.6 Å². The van der Waals surface area contributed by atoms with Gasteiger partial charge in [-0.1, -0.05) is 6.07 Å². The van der Waals surface area contributed by atoms with E-state index in [0.717, 1.165) is 24.0 Å². The van der Waals surface area contributed by atoms with Gasteiger partial charge >= 0.3 is 6.09 Å². The molecule has 2 aromatic carbocycles. The molecule has 0 bridgehead atoms.